The lowest BCUT2D eigenvalue weighted by Crippen LogP contribution is -2.14. The Labute approximate surface area is 103 Å². The van der Waals surface area contributed by atoms with E-state index in [1.807, 2.05) is 0 Å². The molecule has 0 radical (unpaired) electrons. The Morgan fingerprint density at radius 2 is 2.00 bits per heavy atom. The van der Waals surface area contributed by atoms with Gasteiger partial charge in [-0.15, -0.1) is 0 Å². The molecule has 1 aromatic heterocycles. The van der Waals surface area contributed by atoms with Gasteiger partial charge in [-0.05, 0) is 29.5 Å². The lowest BCUT2D eigenvalue weighted by atomic mass is 9.82. The Hall–Kier alpha value is -1.31. The number of aromatic nitrogens is 1. The summed E-state index contributed by atoms with van der Waals surface area (Å²) in [6.07, 6.45) is 1.11. The largest absolute Gasteiger partial charge is 0.440 e. The summed E-state index contributed by atoms with van der Waals surface area (Å²) in [5.41, 5.74) is 3.38. The number of hydrogen-bond donors (Lipinski definition) is 0. The highest BCUT2D eigenvalue weighted by Crippen LogP contribution is 2.30. The first-order valence-corrected chi connectivity index (χ1v) is 6.35. The van der Waals surface area contributed by atoms with Gasteiger partial charge in [0.1, 0.15) is 5.52 Å². The molecule has 0 aliphatic rings. The molecule has 17 heavy (non-hydrogen) atoms. The van der Waals surface area contributed by atoms with Crippen LogP contribution in [0.4, 0.5) is 0 Å². The van der Waals surface area contributed by atoms with E-state index in [4.69, 9.17) is 4.42 Å². The van der Waals surface area contributed by atoms with Gasteiger partial charge >= 0.3 is 0 Å². The molecule has 92 valence electrons. The zero-order valence-corrected chi connectivity index (χ0v) is 11.4. The predicted molar refractivity (Wildman–Crippen MR) is 71.4 cm³/mol. The quantitative estimate of drug-likeness (QED) is 0.769. The van der Waals surface area contributed by atoms with Gasteiger partial charge in [-0.3, -0.25) is 0 Å². The Morgan fingerprint density at radius 3 is 2.59 bits per heavy atom. The van der Waals surface area contributed by atoms with Crippen molar-refractivity contribution < 1.29 is 4.42 Å². The van der Waals surface area contributed by atoms with Crippen LogP contribution in [-0.2, 0) is 5.41 Å². The van der Waals surface area contributed by atoms with E-state index in [0.717, 1.165) is 23.4 Å². The van der Waals surface area contributed by atoms with Gasteiger partial charge in [0.05, 0.1) is 0 Å². The Morgan fingerprint density at radius 1 is 1.29 bits per heavy atom. The van der Waals surface area contributed by atoms with Crippen molar-refractivity contribution in [1.82, 2.24) is 4.98 Å². The first-order valence-electron chi connectivity index (χ1n) is 6.35. The molecule has 2 aromatic rings. The van der Waals surface area contributed by atoms with Gasteiger partial charge in [0, 0.05) is 5.92 Å². The van der Waals surface area contributed by atoms with Crippen LogP contribution < -0.4 is 0 Å². The summed E-state index contributed by atoms with van der Waals surface area (Å²) in [5, 5.41) is 0. The summed E-state index contributed by atoms with van der Waals surface area (Å²) < 4.78 is 5.80. The fraction of sp³-hybridized carbons (Fsp3) is 0.533. The van der Waals surface area contributed by atoms with Crippen LogP contribution in [0.25, 0.3) is 11.1 Å². The monoisotopic (exact) mass is 231 g/mol. The lowest BCUT2D eigenvalue weighted by molar-refractivity contribution is 0.493. The van der Waals surface area contributed by atoms with Gasteiger partial charge in [-0.25, -0.2) is 4.98 Å². The normalized spacial score (nSPS) is 12.6. The zero-order chi connectivity index (χ0) is 12.6. The van der Waals surface area contributed by atoms with Crippen molar-refractivity contribution in [3.05, 3.63) is 29.7 Å². The molecule has 1 heterocycles. The molecule has 1 aromatic carbocycles. The molecule has 0 bridgehead atoms. The minimum Gasteiger partial charge on any atom is -0.440 e. The highest BCUT2D eigenvalue weighted by atomic mass is 16.3. The molecule has 0 spiro atoms. The molecular weight excluding hydrogens is 210 g/mol. The van der Waals surface area contributed by atoms with E-state index in [9.17, 15) is 0 Å². The number of fused-ring (bicyclic) bond motifs is 1. The molecule has 2 heteroatoms. The highest BCUT2D eigenvalue weighted by molar-refractivity contribution is 5.73. The summed E-state index contributed by atoms with van der Waals surface area (Å²) in [5.74, 6) is 1.16. The second-order valence-corrected chi connectivity index (χ2v) is 5.63. The topological polar surface area (TPSA) is 26.0 Å². The average Bonchev–Trinajstić information content (AvgIpc) is 2.71. The van der Waals surface area contributed by atoms with Crippen LogP contribution in [0.3, 0.4) is 0 Å². The molecular formula is C15H21NO. The first kappa shape index (κ1) is 12.2. The van der Waals surface area contributed by atoms with Crippen LogP contribution in [0.15, 0.2) is 22.6 Å². The van der Waals surface area contributed by atoms with Gasteiger partial charge in [0.2, 0.25) is 0 Å². The van der Waals surface area contributed by atoms with E-state index in [1.54, 1.807) is 0 Å². The van der Waals surface area contributed by atoms with Crippen molar-refractivity contribution in [2.45, 2.75) is 52.4 Å². The number of rotatable bonds is 3. The second kappa shape index (κ2) is 4.17. The third-order valence-electron chi connectivity index (χ3n) is 3.56. The first-order chi connectivity index (χ1) is 7.94. The molecule has 0 aliphatic carbocycles. The molecule has 0 aliphatic heterocycles. The standard InChI is InChI=1S/C15H21NO/c1-6-15(4,5)11-7-8-12-13(9-11)17-14(16-12)10(2)3/h7-10H,6H2,1-5H3. The van der Waals surface area contributed by atoms with Crippen LogP contribution in [0.5, 0.6) is 0 Å². The summed E-state index contributed by atoms with van der Waals surface area (Å²) in [7, 11) is 0. The molecule has 0 N–H and O–H groups in total. The number of oxazole rings is 1. The van der Waals surface area contributed by atoms with Crippen LogP contribution in [0.2, 0.25) is 0 Å². The van der Waals surface area contributed by atoms with Crippen LogP contribution in [0.1, 0.15) is 58.4 Å². The van der Waals surface area contributed by atoms with Crippen molar-refractivity contribution in [2.75, 3.05) is 0 Å². The Bertz CT molecular complexity index is 523. The van der Waals surface area contributed by atoms with E-state index in [0.29, 0.717) is 5.92 Å². The Balaban J connectivity index is 2.50. The van der Waals surface area contributed by atoms with Gasteiger partial charge in [0.25, 0.3) is 0 Å². The molecule has 0 fully saturated rings. The van der Waals surface area contributed by atoms with Crippen LogP contribution in [-0.4, -0.2) is 4.98 Å². The third kappa shape index (κ3) is 2.21. The molecule has 0 amide bonds. The third-order valence-corrected chi connectivity index (χ3v) is 3.56. The SMILES string of the molecule is CCC(C)(C)c1ccc2nc(C(C)C)oc2c1. The molecule has 2 rings (SSSR count). The summed E-state index contributed by atoms with van der Waals surface area (Å²) in [4.78, 5) is 4.49. The maximum atomic E-state index is 5.80. The predicted octanol–water partition coefficient (Wildman–Crippen LogP) is 4.64. The van der Waals surface area contributed by atoms with Gasteiger partial charge in [-0.2, -0.15) is 0 Å². The molecule has 2 nitrogen and oxygen atoms in total. The van der Waals surface area contributed by atoms with Crippen molar-refractivity contribution in [1.29, 1.82) is 0 Å². The van der Waals surface area contributed by atoms with E-state index in [-0.39, 0.29) is 5.41 Å². The van der Waals surface area contributed by atoms with Crippen molar-refractivity contribution in [3.63, 3.8) is 0 Å². The fourth-order valence-electron chi connectivity index (χ4n) is 1.81. The fourth-order valence-corrected chi connectivity index (χ4v) is 1.81. The smallest absolute Gasteiger partial charge is 0.198 e. The van der Waals surface area contributed by atoms with E-state index in [1.165, 1.54) is 5.56 Å². The van der Waals surface area contributed by atoms with Gasteiger partial charge in [-0.1, -0.05) is 40.7 Å². The van der Waals surface area contributed by atoms with Crippen LogP contribution >= 0.6 is 0 Å². The van der Waals surface area contributed by atoms with Gasteiger partial charge < -0.3 is 4.42 Å². The average molecular weight is 231 g/mol. The Kier molecular flexibility index (Phi) is 2.98. The zero-order valence-electron chi connectivity index (χ0n) is 11.4. The van der Waals surface area contributed by atoms with Crippen molar-refractivity contribution in [3.8, 4) is 0 Å². The molecule has 0 saturated carbocycles. The number of benzene rings is 1. The maximum Gasteiger partial charge on any atom is 0.198 e. The summed E-state index contributed by atoms with van der Waals surface area (Å²) >= 11 is 0. The van der Waals surface area contributed by atoms with Gasteiger partial charge in [0.15, 0.2) is 11.5 Å². The van der Waals surface area contributed by atoms with E-state index in [2.05, 4.69) is 57.8 Å². The van der Waals surface area contributed by atoms with E-state index >= 15 is 0 Å². The number of nitrogens with zero attached hydrogens (tertiary/aromatic N) is 1. The number of hydrogen-bond acceptors (Lipinski definition) is 2. The van der Waals surface area contributed by atoms with Crippen molar-refractivity contribution in [2.24, 2.45) is 0 Å². The summed E-state index contributed by atoms with van der Waals surface area (Å²) in [6.45, 7) is 10.9. The highest BCUT2D eigenvalue weighted by Gasteiger charge is 2.19. The summed E-state index contributed by atoms with van der Waals surface area (Å²) in [6, 6.07) is 6.37. The molecule has 0 saturated heterocycles. The lowest BCUT2D eigenvalue weighted by Gasteiger charge is -2.22. The van der Waals surface area contributed by atoms with E-state index < -0.39 is 0 Å². The molecule has 0 atom stereocenters. The second-order valence-electron chi connectivity index (χ2n) is 5.63. The van der Waals surface area contributed by atoms with Crippen molar-refractivity contribution >= 4 is 11.1 Å². The minimum absolute atomic E-state index is 0.193. The minimum atomic E-state index is 0.193. The maximum absolute atomic E-state index is 5.80. The molecule has 0 unspecified atom stereocenters. The van der Waals surface area contributed by atoms with Crippen LogP contribution in [0, 0.1) is 0 Å².